The first-order valence-electron chi connectivity index (χ1n) is 41.0. The first-order valence-corrected chi connectivity index (χ1v) is 44.7. The second kappa shape index (κ2) is 45.2. The minimum absolute atomic E-state index is 0.0887. The summed E-state index contributed by atoms with van der Waals surface area (Å²) < 4.78 is 56.0. The quantitative estimate of drug-likeness (QED) is 0.0443. The SMILES string of the molecule is Brc1ccc2c(n1)OCC21CCN(Cc2ccccc2)CC1.CC(C)(C)OC(=O)CCN1CCC2(CC1)COc1nc(Br)ccc12.Fc1ccccn1.Fc1ncccc1I.Ic1cccnc1OCC1=CCN(Cc2ccccc2)CC1.OCC1=CCN(Cc2ccccc2)CC1.c1ccc(CN2CCC3(CC2)COc2ncccc23)cc1. The molecule has 0 saturated carbocycles. The summed E-state index contributed by atoms with van der Waals surface area (Å²) in [6, 6.07) is 67.1. The molecule has 3 spiro atoms. The Morgan fingerprint density at radius 2 is 0.874 bits per heavy atom. The van der Waals surface area contributed by atoms with E-state index in [-0.39, 0.29) is 28.8 Å². The van der Waals surface area contributed by atoms with Crippen molar-refractivity contribution in [1.82, 2.24) is 54.4 Å². The van der Waals surface area contributed by atoms with E-state index in [4.69, 9.17) is 28.8 Å². The van der Waals surface area contributed by atoms with Crippen LogP contribution in [0.1, 0.15) is 118 Å². The molecule has 18 nitrogen and oxygen atoms in total. The number of rotatable bonds is 15. The summed E-state index contributed by atoms with van der Waals surface area (Å²) in [5.41, 5.74) is 12.0. The number of carbonyl (C=O) groups is 1. The zero-order chi connectivity index (χ0) is 83.3. The normalized spacial score (nSPS) is 17.4. The second-order valence-corrected chi connectivity index (χ2v) is 36.0. The molecule has 6 aromatic heterocycles. The number of esters is 1. The van der Waals surface area contributed by atoms with Gasteiger partial charge in [-0.15, -0.1) is 0 Å². The van der Waals surface area contributed by atoms with Gasteiger partial charge in [0.1, 0.15) is 21.4 Å². The maximum absolute atomic E-state index is 12.2. The van der Waals surface area contributed by atoms with Crippen LogP contribution in [0.15, 0.2) is 257 Å². The number of halogens is 6. The molecule has 0 bridgehead atoms. The number of likely N-dealkylation sites (tertiary alicyclic amines) is 3. The summed E-state index contributed by atoms with van der Waals surface area (Å²) in [6.07, 6.45) is 20.1. The van der Waals surface area contributed by atoms with E-state index in [1.165, 1.54) is 81.4 Å². The molecule has 3 fully saturated rings. The lowest BCUT2D eigenvalue weighted by atomic mass is 9.75. The lowest BCUT2D eigenvalue weighted by Crippen LogP contribution is -2.44. The second-order valence-electron chi connectivity index (χ2n) is 32.1. The number of hydrogen-bond donors (Lipinski definition) is 1. The van der Waals surface area contributed by atoms with Gasteiger partial charge in [0.15, 0.2) is 0 Å². The molecule has 0 amide bonds. The van der Waals surface area contributed by atoms with Gasteiger partial charge in [-0.3, -0.25) is 24.4 Å². The lowest BCUT2D eigenvalue weighted by molar-refractivity contribution is -0.155. The minimum atomic E-state index is -0.428. The third-order valence-corrected chi connectivity index (χ3v) is 25.0. The van der Waals surface area contributed by atoms with Crippen molar-refractivity contribution < 1.29 is 42.4 Å². The first-order chi connectivity index (χ1) is 57.8. The number of pyridine rings is 6. The number of aliphatic hydroxyl groups excluding tert-OH is 1. The average Bonchev–Trinajstić information content (AvgIpc) is 1.61. The summed E-state index contributed by atoms with van der Waals surface area (Å²) in [7, 11) is 0. The number of benzene rings is 4. The number of aromatic nitrogens is 6. The monoisotopic (exact) mass is 1960 g/mol. The fourth-order valence-corrected chi connectivity index (χ4v) is 17.2. The van der Waals surface area contributed by atoms with Crippen molar-refractivity contribution in [2.75, 3.05) is 105 Å². The number of aliphatic hydroxyl groups is 1. The van der Waals surface area contributed by atoms with Crippen molar-refractivity contribution in [2.45, 2.75) is 127 Å². The van der Waals surface area contributed by atoms with Gasteiger partial charge in [-0.2, -0.15) is 8.78 Å². The van der Waals surface area contributed by atoms with E-state index < -0.39 is 17.5 Å². The maximum atomic E-state index is 12.2. The Balaban J connectivity index is 0.000000131. The molecule has 0 unspecified atom stereocenters. The number of carbonyl (C=O) groups excluding carboxylic acids is 1. The topological polar surface area (TPSA) is 177 Å². The Kier molecular flexibility index (Phi) is 34.3. The van der Waals surface area contributed by atoms with Gasteiger partial charge in [-0.05, 0) is 276 Å². The van der Waals surface area contributed by atoms with Crippen LogP contribution in [0.5, 0.6) is 23.5 Å². The maximum Gasteiger partial charge on any atom is 0.307 e. The van der Waals surface area contributed by atoms with Crippen molar-refractivity contribution in [3.05, 3.63) is 315 Å². The Labute approximate surface area is 744 Å². The van der Waals surface area contributed by atoms with E-state index in [1.807, 2.05) is 86.0 Å². The van der Waals surface area contributed by atoms with E-state index in [0.29, 0.717) is 23.2 Å². The highest BCUT2D eigenvalue weighted by atomic mass is 127. The van der Waals surface area contributed by atoms with Crippen LogP contribution < -0.4 is 18.9 Å². The van der Waals surface area contributed by atoms with Gasteiger partial charge in [0, 0.05) is 117 Å². The third-order valence-electron chi connectivity index (χ3n) is 22.5. The molecule has 10 aromatic rings. The van der Waals surface area contributed by atoms with Crippen LogP contribution in [0.4, 0.5) is 8.78 Å². The fraction of sp³-hybridized carbons (Fsp3) is 0.379. The standard InChI is InChI=1S/C18H25BrN2O3.C18H19BrN2O.C18H19IN2O.C18H20N2O.C13H17NO.C5H3FIN.C5H4FN/c1-17(2,3)24-15(22)6-9-21-10-7-18(8-11-21)12-23-16-13(18)4-5-14(19)20-16;19-16-7-6-15-17(20-16)22-13-18(15)8-10-21(11-9-18)12-14-4-2-1-3-5-14;19-17-7-4-10-20-18(17)22-14-16-8-11-21(12-9-16)13-15-5-2-1-3-6-15;1-2-5-15(6-3-1)13-20-11-8-18(9-12-20)14-21-17-16(18)7-4-10-19-17;15-11-13-6-8-14(9-7-13)10-12-4-2-1-3-5-12;6-5-4(7)2-1-3-8-5;6-5-3-1-2-4-7-5/h4-5H,6-12H2,1-3H3;1-7H,8-13H2;1-8,10H,9,11-14H2;1-7,10H,8-9,11-14H2;1-6,15H,7-11H2;1-3H;1-4H. The Morgan fingerprint density at radius 3 is 1.28 bits per heavy atom. The Morgan fingerprint density at radius 1 is 0.462 bits per heavy atom. The largest absolute Gasteiger partial charge is 0.476 e. The Bertz CT molecular complexity index is 4830. The van der Waals surface area contributed by atoms with Crippen LogP contribution in [-0.4, -0.2) is 176 Å². The molecule has 0 aliphatic carbocycles. The predicted molar refractivity (Wildman–Crippen MR) is 487 cm³/mol. The smallest absolute Gasteiger partial charge is 0.307 e. The van der Waals surface area contributed by atoms with E-state index in [1.54, 1.807) is 30.5 Å². The molecule has 0 radical (unpaired) electrons. The first kappa shape index (κ1) is 90.2. The number of hydrogen-bond acceptors (Lipinski definition) is 18. The lowest BCUT2D eigenvalue weighted by Gasteiger charge is -2.38. The minimum Gasteiger partial charge on any atom is -0.476 e. The molecule has 3 saturated heterocycles. The number of piperidine rings is 3. The molecule has 14 heterocycles. The zero-order valence-corrected chi connectivity index (χ0v) is 75.6. The summed E-state index contributed by atoms with van der Waals surface area (Å²) in [5, 5.41) is 8.98. The molecule has 4 aromatic carbocycles. The van der Waals surface area contributed by atoms with Crippen molar-refractivity contribution in [3.63, 3.8) is 0 Å². The fourth-order valence-electron chi connectivity index (χ4n) is 15.8. The molecule has 626 valence electrons. The molecule has 18 rings (SSSR count). The predicted octanol–water partition coefficient (Wildman–Crippen LogP) is 18.8. The number of fused-ring (bicyclic) bond motifs is 6. The van der Waals surface area contributed by atoms with Crippen molar-refractivity contribution in [3.8, 4) is 23.5 Å². The molecule has 1 N–H and O–H groups in total. The molecular formula is C95H107Br2F2I2N11O7. The van der Waals surface area contributed by atoms with Crippen LogP contribution >= 0.6 is 77.0 Å². The van der Waals surface area contributed by atoms with Crippen molar-refractivity contribution in [2.24, 2.45) is 0 Å². The zero-order valence-electron chi connectivity index (χ0n) is 68.1. The highest BCUT2D eigenvalue weighted by Gasteiger charge is 2.46. The van der Waals surface area contributed by atoms with Crippen LogP contribution in [0, 0.1) is 19.0 Å². The van der Waals surface area contributed by atoms with Crippen LogP contribution in [0.3, 0.4) is 0 Å². The van der Waals surface area contributed by atoms with E-state index in [9.17, 15) is 13.6 Å². The Hall–Kier alpha value is -8.03. The summed E-state index contributed by atoms with van der Waals surface area (Å²) in [4.78, 5) is 48.4. The van der Waals surface area contributed by atoms with E-state index in [0.717, 1.165) is 186 Å². The number of nitrogens with zero attached hydrogens (tertiary/aromatic N) is 11. The van der Waals surface area contributed by atoms with Crippen LogP contribution in [0.25, 0.3) is 0 Å². The van der Waals surface area contributed by atoms with Crippen LogP contribution in [-0.2, 0) is 52.0 Å². The molecular weight excluding hydrogens is 1860 g/mol. The molecule has 8 aliphatic heterocycles. The van der Waals surface area contributed by atoms with Gasteiger partial charge >= 0.3 is 5.97 Å². The van der Waals surface area contributed by atoms with Gasteiger partial charge in [0.2, 0.25) is 35.4 Å². The summed E-state index contributed by atoms with van der Waals surface area (Å²) in [5.74, 6) is 2.24. The molecule has 24 heteroatoms. The number of ether oxygens (including phenoxy) is 5. The average molecular weight is 1970 g/mol. The van der Waals surface area contributed by atoms with Crippen molar-refractivity contribution >= 4 is 83.0 Å². The van der Waals surface area contributed by atoms with Gasteiger partial charge in [0.05, 0.1) is 40.0 Å². The summed E-state index contributed by atoms with van der Waals surface area (Å²) in [6.45, 7) is 24.3. The van der Waals surface area contributed by atoms with Crippen LogP contribution in [0.2, 0.25) is 0 Å². The highest BCUT2D eigenvalue weighted by Crippen LogP contribution is 2.48. The highest BCUT2D eigenvalue weighted by molar-refractivity contribution is 14.1. The molecule has 0 atom stereocenters. The molecule has 119 heavy (non-hydrogen) atoms. The van der Waals surface area contributed by atoms with E-state index >= 15 is 0 Å². The van der Waals surface area contributed by atoms with Gasteiger partial charge in [-0.1, -0.05) is 158 Å². The summed E-state index contributed by atoms with van der Waals surface area (Å²) >= 11 is 11.0. The third kappa shape index (κ3) is 27.5. The van der Waals surface area contributed by atoms with E-state index in [2.05, 4.69) is 254 Å². The van der Waals surface area contributed by atoms with Gasteiger partial charge in [0.25, 0.3) is 0 Å². The van der Waals surface area contributed by atoms with Gasteiger partial charge < -0.3 is 33.7 Å². The van der Waals surface area contributed by atoms with Crippen molar-refractivity contribution in [1.29, 1.82) is 0 Å². The van der Waals surface area contributed by atoms with Gasteiger partial charge in [-0.25, -0.2) is 29.9 Å². The molecule has 8 aliphatic rings.